The van der Waals surface area contributed by atoms with Gasteiger partial charge in [-0.25, -0.2) is 4.79 Å². The van der Waals surface area contributed by atoms with E-state index in [2.05, 4.69) is 43.4 Å². The van der Waals surface area contributed by atoms with E-state index in [1.165, 1.54) is 19.3 Å². The fraction of sp³-hybridized carbons (Fsp3) is 0.552. The maximum absolute atomic E-state index is 12.4. The smallest absolute Gasteiger partial charge is 0.330 e. The van der Waals surface area contributed by atoms with Crippen molar-refractivity contribution in [1.29, 1.82) is 0 Å². The van der Waals surface area contributed by atoms with E-state index in [9.17, 15) is 24.6 Å². The molecule has 0 bridgehead atoms. The van der Waals surface area contributed by atoms with Gasteiger partial charge < -0.3 is 19.7 Å². The van der Waals surface area contributed by atoms with Crippen molar-refractivity contribution in [2.75, 3.05) is 6.61 Å². The van der Waals surface area contributed by atoms with Crippen LogP contribution < -0.4 is 11.2 Å². The summed E-state index contributed by atoms with van der Waals surface area (Å²) in [4.78, 5) is 38.2. The molecular formula is C29H41ClN2O7. The molecule has 1 aliphatic heterocycles. The predicted octanol–water partition coefficient (Wildman–Crippen LogP) is 4.50. The van der Waals surface area contributed by atoms with Crippen molar-refractivity contribution in [3.8, 4) is 0 Å². The van der Waals surface area contributed by atoms with Gasteiger partial charge in [0.2, 0.25) is 0 Å². The lowest BCUT2D eigenvalue weighted by Gasteiger charge is -2.22. The number of ether oxygens (including phenoxy) is 2. The molecule has 2 rings (SSSR count). The molecule has 216 valence electrons. The summed E-state index contributed by atoms with van der Waals surface area (Å²) in [6.45, 7) is 1.66. The van der Waals surface area contributed by atoms with Crippen LogP contribution in [0.25, 0.3) is 0 Å². The van der Waals surface area contributed by atoms with Gasteiger partial charge in [0.1, 0.15) is 17.2 Å². The minimum atomic E-state index is -1.37. The van der Waals surface area contributed by atoms with Gasteiger partial charge in [-0.1, -0.05) is 80.0 Å². The highest BCUT2D eigenvalue weighted by molar-refractivity contribution is 6.30. The lowest BCUT2D eigenvalue weighted by Crippen LogP contribution is -2.40. The summed E-state index contributed by atoms with van der Waals surface area (Å²) < 4.78 is 11.9. The van der Waals surface area contributed by atoms with Crippen LogP contribution in [0, 0.1) is 0 Å². The number of esters is 1. The quantitative estimate of drug-likeness (QED) is 0.144. The van der Waals surface area contributed by atoms with Crippen molar-refractivity contribution < 1.29 is 24.5 Å². The molecule has 1 fully saturated rings. The van der Waals surface area contributed by atoms with Crippen LogP contribution >= 0.6 is 11.6 Å². The van der Waals surface area contributed by atoms with E-state index in [0.29, 0.717) is 12.8 Å². The average molecular weight is 565 g/mol. The van der Waals surface area contributed by atoms with E-state index in [1.54, 1.807) is 0 Å². The first kappa shape index (κ1) is 32.5. The molecule has 0 saturated carbocycles. The number of rotatable bonds is 17. The first-order valence-corrected chi connectivity index (χ1v) is 14.0. The molecule has 1 saturated heterocycles. The Morgan fingerprint density at radius 1 is 1.03 bits per heavy atom. The molecule has 1 aromatic rings. The fourth-order valence-corrected chi connectivity index (χ4v) is 4.16. The zero-order chi connectivity index (χ0) is 28.5. The standard InChI is InChI=1S/C29H41ClN2O7/c1-2-3-4-5-6-7-8-9-10-11-12-13-14-15-16-17-18-19-24(34)39-26-25(35)23(21-33)38-28(26)32-20-22(30)27(36)31-29(32)37/h6-7,9-10,12-13,15-16,20,23,25-26,28,33,35H,2-5,8,11,14,17-19,21H2,1H3,(H,31,36,37)/b7-6-,10-9-,13-12-,16-15-/t23-,25-,26-,28-/m1/s1. The van der Waals surface area contributed by atoms with Crippen LogP contribution in [0.1, 0.15) is 77.4 Å². The van der Waals surface area contributed by atoms with Gasteiger partial charge in [-0.15, -0.1) is 0 Å². The molecule has 0 aromatic carbocycles. The van der Waals surface area contributed by atoms with Crippen LogP contribution in [0.3, 0.4) is 0 Å². The van der Waals surface area contributed by atoms with E-state index in [4.69, 9.17) is 21.1 Å². The topological polar surface area (TPSA) is 131 Å². The molecule has 9 nitrogen and oxygen atoms in total. The van der Waals surface area contributed by atoms with E-state index in [1.807, 2.05) is 17.1 Å². The van der Waals surface area contributed by atoms with Crippen molar-refractivity contribution in [2.24, 2.45) is 0 Å². The molecule has 10 heteroatoms. The molecule has 0 spiro atoms. The Morgan fingerprint density at radius 3 is 2.21 bits per heavy atom. The van der Waals surface area contributed by atoms with Crippen molar-refractivity contribution in [3.05, 3.63) is 80.7 Å². The monoisotopic (exact) mass is 564 g/mol. The number of H-pyrrole nitrogens is 1. The van der Waals surface area contributed by atoms with Gasteiger partial charge in [0, 0.05) is 12.6 Å². The number of allylic oxidation sites excluding steroid dienone is 8. The van der Waals surface area contributed by atoms with Crippen LogP contribution in [0.2, 0.25) is 5.02 Å². The fourth-order valence-electron chi connectivity index (χ4n) is 4.01. The Balaban J connectivity index is 1.69. The van der Waals surface area contributed by atoms with E-state index >= 15 is 0 Å². The maximum Gasteiger partial charge on any atom is 0.330 e. The number of nitrogens with zero attached hydrogens (tertiary/aromatic N) is 1. The van der Waals surface area contributed by atoms with Crippen molar-refractivity contribution in [2.45, 2.75) is 95.7 Å². The third kappa shape index (κ3) is 11.5. The number of hydrogen-bond acceptors (Lipinski definition) is 7. The largest absolute Gasteiger partial charge is 0.455 e. The number of hydrogen-bond donors (Lipinski definition) is 3. The molecule has 0 radical (unpaired) electrons. The molecule has 4 atom stereocenters. The van der Waals surface area contributed by atoms with E-state index in [-0.39, 0.29) is 11.4 Å². The summed E-state index contributed by atoms with van der Waals surface area (Å²) >= 11 is 5.82. The zero-order valence-corrected chi connectivity index (χ0v) is 23.3. The number of aromatic nitrogens is 2. The summed E-state index contributed by atoms with van der Waals surface area (Å²) in [5.74, 6) is -0.578. The average Bonchev–Trinajstić information content (AvgIpc) is 3.22. The highest BCUT2D eigenvalue weighted by atomic mass is 35.5. The maximum atomic E-state index is 12.4. The lowest BCUT2D eigenvalue weighted by atomic mass is 10.1. The predicted molar refractivity (Wildman–Crippen MR) is 152 cm³/mol. The highest BCUT2D eigenvalue weighted by Gasteiger charge is 2.47. The Morgan fingerprint density at radius 2 is 1.62 bits per heavy atom. The molecule has 1 aromatic heterocycles. The number of carbonyl (C=O) groups excluding carboxylic acids is 1. The summed E-state index contributed by atoms with van der Waals surface area (Å²) in [7, 11) is 0. The first-order chi connectivity index (χ1) is 18.9. The third-order valence-corrected chi connectivity index (χ3v) is 6.44. The van der Waals surface area contributed by atoms with Crippen molar-refractivity contribution >= 4 is 17.6 Å². The van der Waals surface area contributed by atoms with Gasteiger partial charge in [-0.3, -0.25) is 19.1 Å². The van der Waals surface area contributed by atoms with Crippen molar-refractivity contribution in [3.63, 3.8) is 0 Å². The Bertz CT molecular complexity index is 1110. The first-order valence-electron chi connectivity index (χ1n) is 13.6. The number of aliphatic hydroxyl groups excluding tert-OH is 2. The molecule has 0 unspecified atom stereocenters. The molecule has 0 aliphatic carbocycles. The van der Waals surface area contributed by atoms with E-state index in [0.717, 1.165) is 36.4 Å². The second kappa shape index (κ2) is 18.5. The summed E-state index contributed by atoms with van der Waals surface area (Å²) in [5.41, 5.74) is -1.62. The molecule has 39 heavy (non-hydrogen) atoms. The number of halogens is 1. The minimum Gasteiger partial charge on any atom is -0.455 e. The number of aromatic amines is 1. The number of carbonyl (C=O) groups is 1. The molecule has 0 amide bonds. The van der Waals surface area contributed by atoms with Gasteiger partial charge in [0.05, 0.1) is 6.61 Å². The van der Waals surface area contributed by atoms with Gasteiger partial charge in [-0.05, 0) is 44.9 Å². The van der Waals surface area contributed by atoms with Gasteiger partial charge in [0.25, 0.3) is 5.56 Å². The van der Waals surface area contributed by atoms with Crippen molar-refractivity contribution in [1.82, 2.24) is 9.55 Å². The second-order valence-electron chi connectivity index (χ2n) is 9.32. The lowest BCUT2D eigenvalue weighted by molar-refractivity contribution is -0.158. The minimum absolute atomic E-state index is 0.0963. The number of aliphatic hydroxyl groups is 2. The summed E-state index contributed by atoms with van der Waals surface area (Å²) in [6.07, 6.45) is 22.1. The van der Waals surface area contributed by atoms with Gasteiger partial charge >= 0.3 is 11.7 Å². The highest BCUT2D eigenvalue weighted by Crippen LogP contribution is 2.31. The van der Waals surface area contributed by atoms with Crippen LogP contribution in [-0.2, 0) is 14.3 Å². The normalized spacial score (nSPS) is 21.7. The Labute approximate surface area is 234 Å². The zero-order valence-electron chi connectivity index (χ0n) is 22.5. The second-order valence-corrected chi connectivity index (χ2v) is 9.72. The van der Waals surface area contributed by atoms with Crippen LogP contribution in [0.5, 0.6) is 0 Å². The molecule has 1 aliphatic rings. The Kier molecular flexibility index (Phi) is 15.5. The van der Waals surface area contributed by atoms with Crippen LogP contribution in [0.15, 0.2) is 64.4 Å². The molecular weight excluding hydrogens is 524 g/mol. The van der Waals surface area contributed by atoms with E-state index < -0.39 is 48.4 Å². The van der Waals surface area contributed by atoms with Crippen LogP contribution in [0.4, 0.5) is 0 Å². The van der Waals surface area contributed by atoms with Crippen LogP contribution in [-0.4, -0.2) is 50.7 Å². The number of nitrogens with one attached hydrogen (secondary N) is 1. The Hall–Kier alpha value is -2.72. The molecule has 2 heterocycles. The number of unbranched alkanes of at least 4 members (excludes halogenated alkanes) is 4. The molecule has 3 N–H and O–H groups in total. The SMILES string of the molecule is CCCCC/C=C\C/C=C\C/C=C\C/C=C\CCCC(=O)O[C@@H]1[C@H](O)[C@@H](CO)O[C@H]1n1cc(Cl)c(=O)[nH]c1=O. The summed E-state index contributed by atoms with van der Waals surface area (Å²) in [6, 6.07) is 0. The van der Waals surface area contributed by atoms with Gasteiger partial charge in [-0.2, -0.15) is 0 Å². The van der Waals surface area contributed by atoms with Gasteiger partial charge in [0.15, 0.2) is 12.3 Å². The summed E-state index contributed by atoms with van der Waals surface area (Å²) in [5, 5.41) is 19.7. The third-order valence-electron chi connectivity index (χ3n) is 6.17.